The van der Waals surface area contributed by atoms with E-state index in [1.165, 1.54) is 6.07 Å². The van der Waals surface area contributed by atoms with E-state index in [1.54, 1.807) is 44.2 Å². The molecule has 1 heterocycles. The third kappa shape index (κ3) is 3.59. The van der Waals surface area contributed by atoms with Crippen LogP contribution in [0.1, 0.15) is 51.7 Å². The van der Waals surface area contributed by atoms with Crippen LogP contribution in [0.5, 0.6) is 0 Å². The number of rotatable bonds is 5. The Morgan fingerprint density at radius 3 is 2.77 bits per heavy atom. The van der Waals surface area contributed by atoms with Gasteiger partial charge in [0.05, 0.1) is 17.1 Å². The van der Waals surface area contributed by atoms with Gasteiger partial charge in [-0.3, -0.25) is 9.52 Å². The van der Waals surface area contributed by atoms with E-state index in [2.05, 4.69) is 9.71 Å². The minimum absolute atomic E-state index is 0.0893. The minimum atomic E-state index is -3.91. The maximum atomic E-state index is 13.1. The second-order valence-corrected chi connectivity index (χ2v) is 8.98. The summed E-state index contributed by atoms with van der Waals surface area (Å²) in [5, 5.41) is 0.760. The van der Waals surface area contributed by atoms with Gasteiger partial charge in [-0.2, -0.15) is 0 Å². The molecule has 0 saturated carbocycles. The molecule has 0 unspecified atom stereocenters. The largest absolute Gasteiger partial charge is 0.462 e. The van der Waals surface area contributed by atoms with Crippen LogP contribution in [0.15, 0.2) is 41.3 Å². The molecule has 0 aliphatic heterocycles. The van der Waals surface area contributed by atoms with Gasteiger partial charge in [-0.15, -0.1) is 0 Å². The summed E-state index contributed by atoms with van der Waals surface area (Å²) in [7, 11) is -3.91. The van der Waals surface area contributed by atoms with Crippen molar-refractivity contribution in [3.05, 3.63) is 58.8 Å². The number of fused-ring (bicyclic) bond motifs is 3. The van der Waals surface area contributed by atoms with Crippen LogP contribution in [0.2, 0.25) is 0 Å². The van der Waals surface area contributed by atoms with Crippen molar-refractivity contribution in [2.24, 2.45) is 0 Å². The summed E-state index contributed by atoms with van der Waals surface area (Å²) in [6.45, 7) is 3.64. The van der Waals surface area contributed by atoms with Gasteiger partial charge >= 0.3 is 5.97 Å². The summed E-state index contributed by atoms with van der Waals surface area (Å²) in [5.74, 6) is -0.427. The molecule has 0 saturated heterocycles. The molecule has 30 heavy (non-hydrogen) atoms. The first-order valence-electron chi connectivity index (χ1n) is 9.78. The summed E-state index contributed by atoms with van der Waals surface area (Å²) in [5.41, 5.74) is 3.24. The van der Waals surface area contributed by atoms with Crippen molar-refractivity contribution >= 4 is 38.4 Å². The van der Waals surface area contributed by atoms with Crippen molar-refractivity contribution in [3.8, 4) is 0 Å². The number of H-pyrrole nitrogens is 1. The van der Waals surface area contributed by atoms with Gasteiger partial charge < -0.3 is 9.72 Å². The van der Waals surface area contributed by atoms with Crippen LogP contribution < -0.4 is 4.72 Å². The lowest BCUT2D eigenvalue weighted by molar-refractivity contribution is 0.0526. The Balaban J connectivity index is 1.71. The van der Waals surface area contributed by atoms with Crippen LogP contribution in [0.4, 0.5) is 5.69 Å². The van der Waals surface area contributed by atoms with Crippen molar-refractivity contribution in [2.45, 2.75) is 38.0 Å². The molecule has 8 heteroatoms. The van der Waals surface area contributed by atoms with Crippen LogP contribution in [0.3, 0.4) is 0 Å². The molecule has 1 aliphatic rings. The number of sulfonamides is 1. The zero-order valence-electron chi connectivity index (χ0n) is 16.7. The number of aromatic amines is 1. The number of esters is 1. The molecule has 2 N–H and O–H groups in total. The molecule has 4 rings (SSSR count). The summed E-state index contributed by atoms with van der Waals surface area (Å²) in [6.07, 6.45) is 2.08. The fourth-order valence-corrected chi connectivity index (χ4v) is 5.17. The number of carbonyl (C=O) groups is 2. The maximum absolute atomic E-state index is 13.1. The molecule has 0 radical (unpaired) electrons. The average molecular weight is 426 g/mol. The molecule has 0 bridgehead atoms. The van der Waals surface area contributed by atoms with E-state index in [9.17, 15) is 18.0 Å². The molecule has 1 aromatic heterocycles. The highest BCUT2D eigenvalue weighted by Crippen LogP contribution is 2.32. The number of aryl methyl sites for hydroxylation is 2. The zero-order valence-corrected chi connectivity index (χ0v) is 17.6. The Labute approximate surface area is 174 Å². The van der Waals surface area contributed by atoms with Gasteiger partial charge in [0.15, 0.2) is 5.78 Å². The van der Waals surface area contributed by atoms with Crippen molar-refractivity contribution < 1.29 is 22.7 Å². The lowest BCUT2D eigenvalue weighted by Crippen LogP contribution is -2.15. The van der Waals surface area contributed by atoms with Gasteiger partial charge in [-0.25, -0.2) is 13.2 Å². The number of benzene rings is 2. The highest BCUT2D eigenvalue weighted by Gasteiger charge is 2.25. The van der Waals surface area contributed by atoms with Gasteiger partial charge in [0.25, 0.3) is 10.0 Å². The molecule has 1 aliphatic carbocycles. The second-order valence-electron chi connectivity index (χ2n) is 7.33. The second kappa shape index (κ2) is 7.60. The Bertz CT molecular complexity index is 1270. The van der Waals surface area contributed by atoms with Crippen molar-refractivity contribution in [1.29, 1.82) is 0 Å². The molecule has 0 fully saturated rings. The first kappa shape index (κ1) is 20.2. The molecule has 3 aromatic rings. The first-order chi connectivity index (χ1) is 14.3. The Morgan fingerprint density at radius 2 is 2.00 bits per heavy atom. The molecule has 7 nitrogen and oxygen atoms in total. The molecular weight excluding hydrogens is 404 g/mol. The zero-order chi connectivity index (χ0) is 21.5. The number of anilines is 1. The fourth-order valence-electron chi connectivity index (χ4n) is 3.87. The standard InChI is InChI=1S/C22H22N2O5S/c1-3-29-22(26)14-6-4-7-15(11-14)24-30(27,28)20-12-18-16(10-13(20)2)21-17(23-18)8-5-9-19(21)25/h4,6-7,10-12,23-24H,3,5,8-9H2,1-2H3. The number of Topliss-reactive ketones (excluding diaryl/α,β-unsaturated/α-hetero) is 1. The molecule has 0 atom stereocenters. The quantitative estimate of drug-likeness (QED) is 0.601. The number of hydrogen-bond donors (Lipinski definition) is 2. The van der Waals surface area contributed by atoms with E-state index in [1.807, 2.05) is 0 Å². The van der Waals surface area contributed by atoms with Crippen molar-refractivity contribution in [2.75, 3.05) is 11.3 Å². The average Bonchev–Trinajstić information content (AvgIpc) is 3.06. The Morgan fingerprint density at radius 1 is 1.20 bits per heavy atom. The van der Waals surface area contributed by atoms with Crippen LogP contribution in [-0.4, -0.2) is 31.8 Å². The van der Waals surface area contributed by atoms with Crippen LogP contribution >= 0.6 is 0 Å². The third-order valence-corrected chi connectivity index (χ3v) is 6.72. The van der Waals surface area contributed by atoms with Gasteiger partial charge in [-0.1, -0.05) is 6.07 Å². The molecule has 156 valence electrons. The molecule has 0 amide bonds. The lowest BCUT2D eigenvalue weighted by atomic mass is 9.94. The van der Waals surface area contributed by atoms with Crippen LogP contribution in [-0.2, 0) is 21.2 Å². The van der Waals surface area contributed by atoms with Gasteiger partial charge in [0.1, 0.15) is 0 Å². The van der Waals surface area contributed by atoms with Gasteiger partial charge in [0, 0.05) is 34.3 Å². The molecule has 0 spiro atoms. The van der Waals surface area contributed by atoms with E-state index < -0.39 is 16.0 Å². The van der Waals surface area contributed by atoms with Crippen LogP contribution in [0, 0.1) is 6.92 Å². The molecule has 2 aromatic carbocycles. The summed E-state index contributed by atoms with van der Waals surface area (Å²) < 4.78 is 33.6. The maximum Gasteiger partial charge on any atom is 0.338 e. The monoisotopic (exact) mass is 426 g/mol. The van der Waals surface area contributed by atoms with Crippen molar-refractivity contribution in [1.82, 2.24) is 4.98 Å². The predicted molar refractivity (Wildman–Crippen MR) is 114 cm³/mol. The fraction of sp³-hybridized carbons (Fsp3) is 0.273. The normalized spacial score (nSPS) is 13.9. The van der Waals surface area contributed by atoms with Crippen molar-refractivity contribution in [3.63, 3.8) is 0 Å². The first-order valence-corrected chi connectivity index (χ1v) is 11.3. The van der Waals surface area contributed by atoms with E-state index >= 15 is 0 Å². The minimum Gasteiger partial charge on any atom is -0.462 e. The van der Waals surface area contributed by atoms with E-state index in [4.69, 9.17) is 4.74 Å². The molecular formula is C22H22N2O5S. The smallest absolute Gasteiger partial charge is 0.338 e. The topological polar surface area (TPSA) is 105 Å². The van der Waals surface area contributed by atoms with Gasteiger partial charge in [-0.05, 0) is 62.6 Å². The number of ether oxygens (including phenoxy) is 1. The summed E-state index contributed by atoms with van der Waals surface area (Å²) in [6, 6.07) is 9.47. The summed E-state index contributed by atoms with van der Waals surface area (Å²) >= 11 is 0. The number of nitrogens with one attached hydrogen (secondary N) is 2. The van der Waals surface area contributed by atoms with Crippen LogP contribution in [0.25, 0.3) is 10.9 Å². The highest BCUT2D eigenvalue weighted by atomic mass is 32.2. The van der Waals surface area contributed by atoms with Gasteiger partial charge in [0.2, 0.25) is 0 Å². The number of hydrogen-bond acceptors (Lipinski definition) is 5. The predicted octanol–water partition coefficient (Wildman–Crippen LogP) is 3.97. The number of carbonyl (C=O) groups excluding carboxylic acids is 2. The number of ketones is 1. The van der Waals surface area contributed by atoms with E-state index in [0.717, 1.165) is 23.9 Å². The highest BCUT2D eigenvalue weighted by molar-refractivity contribution is 7.92. The Kier molecular flexibility index (Phi) is 5.11. The summed E-state index contributed by atoms with van der Waals surface area (Å²) in [4.78, 5) is 27.6. The Hall–Kier alpha value is -3.13. The third-order valence-electron chi connectivity index (χ3n) is 5.20. The van der Waals surface area contributed by atoms with E-state index in [0.29, 0.717) is 23.1 Å². The number of aromatic nitrogens is 1. The SMILES string of the molecule is CCOC(=O)c1cccc(NS(=O)(=O)c2cc3[nH]c4c(c3cc2C)C(=O)CCC4)c1. The van der Waals surface area contributed by atoms with E-state index in [-0.39, 0.29) is 28.5 Å². The lowest BCUT2D eigenvalue weighted by Gasteiger charge is -2.12.